The molecule has 3 aromatic rings. The Labute approximate surface area is 167 Å². The number of nitrogens with zero attached hydrogens (tertiary/aromatic N) is 3. The maximum Gasteiger partial charge on any atom is 0.257 e. The van der Waals surface area contributed by atoms with Crippen LogP contribution >= 0.6 is 15.9 Å². The number of aryl methyl sites for hydroxylation is 1. The van der Waals surface area contributed by atoms with Crippen LogP contribution in [0.3, 0.4) is 0 Å². The van der Waals surface area contributed by atoms with Crippen molar-refractivity contribution in [2.45, 2.75) is 25.8 Å². The van der Waals surface area contributed by atoms with Crippen molar-refractivity contribution in [1.29, 1.82) is 0 Å². The molecule has 6 heteroatoms. The van der Waals surface area contributed by atoms with E-state index in [1.165, 1.54) is 25.9 Å². The van der Waals surface area contributed by atoms with Crippen LogP contribution in [0.15, 0.2) is 53.1 Å². The number of fused-ring (bicyclic) bond motifs is 1. The Hall–Kier alpha value is -2.18. The van der Waals surface area contributed by atoms with Crippen molar-refractivity contribution >= 4 is 38.4 Å². The molecule has 0 radical (unpaired) electrons. The summed E-state index contributed by atoms with van der Waals surface area (Å²) in [5.41, 5.74) is 0.642. The quantitative estimate of drug-likeness (QED) is 0.629. The number of benzene rings is 2. The third-order valence-electron chi connectivity index (χ3n) is 5.01. The molecule has 0 unspecified atom stereocenters. The zero-order valence-corrected chi connectivity index (χ0v) is 16.8. The molecule has 27 heavy (non-hydrogen) atoms. The van der Waals surface area contributed by atoms with Crippen molar-refractivity contribution in [3.63, 3.8) is 0 Å². The van der Waals surface area contributed by atoms with E-state index in [-0.39, 0.29) is 5.91 Å². The Morgan fingerprint density at radius 3 is 2.78 bits per heavy atom. The van der Waals surface area contributed by atoms with Gasteiger partial charge in [0.15, 0.2) is 5.82 Å². The second-order valence-electron chi connectivity index (χ2n) is 6.99. The predicted octanol–water partition coefficient (Wildman–Crippen LogP) is 4.54. The summed E-state index contributed by atoms with van der Waals surface area (Å²) in [6.45, 7) is 4.43. The topological polar surface area (TPSA) is 50.2 Å². The predicted molar refractivity (Wildman–Crippen MR) is 112 cm³/mol. The van der Waals surface area contributed by atoms with Crippen molar-refractivity contribution in [1.82, 2.24) is 14.7 Å². The lowest BCUT2D eigenvalue weighted by atomic mass is 10.0. The van der Waals surface area contributed by atoms with Gasteiger partial charge in [0, 0.05) is 28.8 Å². The lowest BCUT2D eigenvalue weighted by Gasteiger charge is -2.13. The molecule has 0 saturated carbocycles. The molecule has 1 N–H and O–H groups in total. The minimum Gasteiger partial charge on any atom is -0.305 e. The van der Waals surface area contributed by atoms with Gasteiger partial charge in [-0.05, 0) is 61.8 Å². The lowest BCUT2D eigenvalue weighted by Crippen LogP contribution is -2.21. The van der Waals surface area contributed by atoms with Crippen LogP contribution < -0.4 is 5.32 Å². The van der Waals surface area contributed by atoms with Gasteiger partial charge in [0.2, 0.25) is 0 Å². The zero-order valence-electron chi connectivity index (χ0n) is 15.2. The maximum absolute atomic E-state index is 12.8. The van der Waals surface area contributed by atoms with Crippen molar-refractivity contribution < 1.29 is 4.79 Å². The Kier molecular flexibility index (Phi) is 5.55. The summed E-state index contributed by atoms with van der Waals surface area (Å²) in [4.78, 5) is 15.3. The van der Waals surface area contributed by atoms with Crippen LogP contribution in [0.25, 0.3) is 10.8 Å². The average molecular weight is 427 g/mol. The van der Waals surface area contributed by atoms with Crippen LogP contribution in [0, 0.1) is 0 Å². The van der Waals surface area contributed by atoms with Gasteiger partial charge in [-0.2, -0.15) is 5.10 Å². The number of hydrogen-bond acceptors (Lipinski definition) is 3. The number of anilines is 1. The molecule has 1 amide bonds. The summed E-state index contributed by atoms with van der Waals surface area (Å²) < 4.78 is 2.80. The van der Waals surface area contributed by atoms with Crippen molar-refractivity contribution in [2.75, 3.05) is 25.0 Å². The van der Waals surface area contributed by atoms with E-state index in [0.717, 1.165) is 34.8 Å². The molecular weight excluding hydrogens is 404 g/mol. The monoisotopic (exact) mass is 426 g/mol. The van der Waals surface area contributed by atoms with Crippen LogP contribution in [0.1, 0.15) is 29.6 Å². The first-order chi connectivity index (χ1) is 13.2. The number of aromatic nitrogens is 2. The van der Waals surface area contributed by atoms with Gasteiger partial charge in [0.05, 0.1) is 0 Å². The molecule has 0 aliphatic carbocycles. The van der Waals surface area contributed by atoms with Crippen LogP contribution in [-0.4, -0.2) is 40.2 Å². The number of amides is 1. The summed E-state index contributed by atoms with van der Waals surface area (Å²) in [6, 6.07) is 13.6. The standard InChI is InChI=1S/C21H23BrN4O/c22-17-14-16-6-1-2-7-18(16)19(15-17)21(27)23-20-8-13-26(24-20)12-5-11-25-9-3-4-10-25/h1-2,6-8,13-15H,3-5,9-12H2,(H,23,24,27). The minimum atomic E-state index is -0.144. The molecule has 4 rings (SSSR count). The fourth-order valence-corrected chi connectivity index (χ4v) is 4.14. The van der Waals surface area contributed by atoms with E-state index in [9.17, 15) is 4.79 Å². The van der Waals surface area contributed by atoms with Gasteiger partial charge < -0.3 is 10.2 Å². The minimum absolute atomic E-state index is 0.144. The third-order valence-corrected chi connectivity index (χ3v) is 5.47. The summed E-state index contributed by atoms with van der Waals surface area (Å²) >= 11 is 3.49. The molecule has 1 aliphatic heterocycles. The molecule has 0 spiro atoms. The van der Waals surface area contributed by atoms with E-state index in [1.807, 2.05) is 53.3 Å². The number of hydrogen-bond donors (Lipinski definition) is 1. The fraction of sp³-hybridized carbons (Fsp3) is 0.333. The van der Waals surface area contributed by atoms with Crippen molar-refractivity contribution in [3.8, 4) is 0 Å². The highest BCUT2D eigenvalue weighted by Gasteiger charge is 2.13. The van der Waals surface area contributed by atoms with E-state index in [1.54, 1.807) is 0 Å². The molecule has 2 aromatic carbocycles. The van der Waals surface area contributed by atoms with Crippen LogP contribution in [0.5, 0.6) is 0 Å². The van der Waals surface area contributed by atoms with Gasteiger partial charge in [0.1, 0.15) is 0 Å². The summed E-state index contributed by atoms with van der Waals surface area (Å²) in [5.74, 6) is 0.444. The molecule has 5 nitrogen and oxygen atoms in total. The number of likely N-dealkylation sites (tertiary alicyclic amines) is 1. The Balaban J connectivity index is 1.41. The normalized spacial score (nSPS) is 14.7. The van der Waals surface area contributed by atoms with E-state index >= 15 is 0 Å². The first-order valence-electron chi connectivity index (χ1n) is 9.44. The first-order valence-corrected chi connectivity index (χ1v) is 10.2. The number of halogens is 1. The zero-order chi connectivity index (χ0) is 18.6. The molecular formula is C21H23BrN4O. The highest BCUT2D eigenvalue weighted by molar-refractivity contribution is 9.10. The molecule has 1 aliphatic rings. The smallest absolute Gasteiger partial charge is 0.257 e. The summed E-state index contributed by atoms with van der Waals surface area (Å²) in [6.07, 6.45) is 5.65. The van der Waals surface area contributed by atoms with Gasteiger partial charge in [-0.1, -0.05) is 40.2 Å². The number of nitrogens with one attached hydrogen (secondary N) is 1. The molecule has 140 valence electrons. The Bertz CT molecular complexity index is 946. The lowest BCUT2D eigenvalue weighted by molar-refractivity contribution is 0.102. The van der Waals surface area contributed by atoms with Gasteiger partial charge in [-0.3, -0.25) is 9.48 Å². The van der Waals surface area contributed by atoms with Crippen molar-refractivity contribution in [3.05, 3.63) is 58.7 Å². The summed E-state index contributed by atoms with van der Waals surface area (Å²) in [7, 11) is 0. The van der Waals surface area contributed by atoms with E-state index in [2.05, 4.69) is 31.2 Å². The van der Waals surface area contributed by atoms with E-state index < -0.39 is 0 Å². The first kappa shape index (κ1) is 18.2. The Morgan fingerprint density at radius 1 is 1.11 bits per heavy atom. The largest absolute Gasteiger partial charge is 0.305 e. The number of carbonyl (C=O) groups excluding carboxylic acids is 1. The Morgan fingerprint density at radius 2 is 1.93 bits per heavy atom. The van der Waals surface area contributed by atoms with Gasteiger partial charge in [0.25, 0.3) is 5.91 Å². The molecule has 2 heterocycles. The van der Waals surface area contributed by atoms with Crippen LogP contribution in [0.4, 0.5) is 5.82 Å². The average Bonchev–Trinajstić information content (AvgIpc) is 3.33. The highest BCUT2D eigenvalue weighted by atomic mass is 79.9. The summed E-state index contributed by atoms with van der Waals surface area (Å²) in [5, 5.41) is 9.39. The fourth-order valence-electron chi connectivity index (χ4n) is 3.66. The van der Waals surface area contributed by atoms with Gasteiger partial charge >= 0.3 is 0 Å². The molecule has 0 bridgehead atoms. The van der Waals surface area contributed by atoms with Gasteiger partial charge in [-0.15, -0.1) is 0 Å². The molecule has 1 saturated heterocycles. The highest BCUT2D eigenvalue weighted by Crippen LogP contribution is 2.25. The van der Waals surface area contributed by atoms with Crippen LogP contribution in [0.2, 0.25) is 0 Å². The number of carbonyl (C=O) groups is 1. The van der Waals surface area contributed by atoms with Crippen LogP contribution in [-0.2, 0) is 6.54 Å². The van der Waals surface area contributed by atoms with E-state index in [4.69, 9.17) is 0 Å². The second-order valence-corrected chi connectivity index (χ2v) is 7.91. The van der Waals surface area contributed by atoms with E-state index in [0.29, 0.717) is 11.4 Å². The molecule has 1 aromatic heterocycles. The molecule has 1 fully saturated rings. The molecule has 0 atom stereocenters. The second kappa shape index (κ2) is 8.23. The van der Waals surface area contributed by atoms with Gasteiger partial charge in [-0.25, -0.2) is 0 Å². The number of rotatable bonds is 6. The third kappa shape index (κ3) is 4.39. The van der Waals surface area contributed by atoms with Crippen molar-refractivity contribution in [2.24, 2.45) is 0 Å². The maximum atomic E-state index is 12.8. The SMILES string of the molecule is O=C(Nc1ccn(CCCN2CCCC2)n1)c1cc(Br)cc2ccccc12.